The van der Waals surface area contributed by atoms with Crippen LogP contribution in [0.25, 0.3) is 118 Å². The molecule has 12 aromatic rings. The highest BCUT2D eigenvalue weighted by Gasteiger charge is 2.21. The quantitative estimate of drug-likeness (QED) is 0.144. The number of aromatic nitrogens is 7. The Bertz CT molecular complexity index is 3600. The normalized spacial score (nSPS) is 11.3. The van der Waals surface area contributed by atoms with Gasteiger partial charge < -0.3 is 4.57 Å². The van der Waals surface area contributed by atoms with Crippen LogP contribution in [0.4, 0.5) is 0 Å². The van der Waals surface area contributed by atoms with Crippen LogP contribution < -0.4 is 0 Å². The average molecular weight is 858 g/mol. The summed E-state index contributed by atoms with van der Waals surface area (Å²) in [6.45, 7) is 0. The number of hydrogen-bond acceptors (Lipinski definition) is 6. The van der Waals surface area contributed by atoms with Crippen molar-refractivity contribution in [3.05, 3.63) is 237 Å². The van der Waals surface area contributed by atoms with E-state index in [0.29, 0.717) is 34.9 Å². The fourth-order valence-corrected chi connectivity index (χ4v) is 8.84. The second-order valence-corrected chi connectivity index (χ2v) is 16.3. The maximum atomic E-state index is 5.27. The number of fused-ring (bicyclic) bond motifs is 3. The van der Waals surface area contributed by atoms with Gasteiger partial charge in [-0.25, -0.2) is 29.9 Å². The highest BCUT2D eigenvalue weighted by Crippen LogP contribution is 2.41. The molecule has 3 aromatic heterocycles. The number of rotatable bonds is 9. The molecule has 0 N–H and O–H groups in total. The van der Waals surface area contributed by atoms with Gasteiger partial charge in [0.15, 0.2) is 34.9 Å². The molecule has 67 heavy (non-hydrogen) atoms. The van der Waals surface area contributed by atoms with Crippen molar-refractivity contribution in [1.29, 1.82) is 0 Å². The van der Waals surface area contributed by atoms with Gasteiger partial charge in [-0.05, 0) is 64.7 Å². The molecule has 0 radical (unpaired) electrons. The number of benzene rings is 9. The standard InChI is InChI=1S/C60H39N7/c1-7-19-40(20-8-1)45-32-35-53-50(37-45)51-38-46(33-36-54(51)67(53)48-29-17-6-18-30-48)49-34-31-47(59-63-55(41-21-9-2-10-22-41)61-56(64-59)42-23-11-3-12-24-42)39-52(49)60-65-57(43-25-13-4-14-26-43)62-58(66-60)44-27-15-5-16-28-44/h1-39H. The molecule has 0 fully saturated rings. The van der Waals surface area contributed by atoms with Gasteiger partial charge in [0, 0.05) is 49.8 Å². The Morgan fingerprint density at radius 2 is 0.567 bits per heavy atom. The van der Waals surface area contributed by atoms with E-state index in [-0.39, 0.29) is 0 Å². The van der Waals surface area contributed by atoms with E-state index in [4.69, 9.17) is 29.9 Å². The molecule has 0 aliphatic rings. The van der Waals surface area contributed by atoms with Gasteiger partial charge in [-0.1, -0.05) is 194 Å². The first kappa shape index (κ1) is 39.4. The SMILES string of the molecule is c1ccc(-c2ccc3c(c2)c2cc(-c4ccc(-c5nc(-c6ccccc6)nc(-c6ccccc6)n5)cc4-c4nc(-c5ccccc5)nc(-c5ccccc5)n4)ccc2n3-c2ccccc2)cc1. The number of para-hydroxylation sites is 1. The van der Waals surface area contributed by atoms with Gasteiger partial charge in [-0.15, -0.1) is 0 Å². The predicted molar refractivity (Wildman–Crippen MR) is 271 cm³/mol. The molecule has 0 amide bonds. The molecule has 0 aliphatic heterocycles. The molecule has 7 nitrogen and oxygen atoms in total. The Morgan fingerprint density at radius 1 is 0.224 bits per heavy atom. The first-order valence-electron chi connectivity index (χ1n) is 22.3. The fourth-order valence-electron chi connectivity index (χ4n) is 8.84. The highest BCUT2D eigenvalue weighted by atomic mass is 15.0. The minimum atomic E-state index is 0.531. The Morgan fingerprint density at radius 3 is 1.01 bits per heavy atom. The summed E-state index contributed by atoms with van der Waals surface area (Å²) >= 11 is 0. The molecule has 0 bridgehead atoms. The molecule has 12 rings (SSSR count). The van der Waals surface area contributed by atoms with Crippen LogP contribution in [0.3, 0.4) is 0 Å². The van der Waals surface area contributed by atoms with Gasteiger partial charge >= 0.3 is 0 Å². The van der Waals surface area contributed by atoms with Gasteiger partial charge in [0.2, 0.25) is 0 Å². The van der Waals surface area contributed by atoms with Gasteiger partial charge in [0.1, 0.15) is 0 Å². The monoisotopic (exact) mass is 857 g/mol. The van der Waals surface area contributed by atoms with Gasteiger partial charge in [-0.3, -0.25) is 0 Å². The summed E-state index contributed by atoms with van der Waals surface area (Å²) < 4.78 is 2.35. The van der Waals surface area contributed by atoms with Crippen LogP contribution in [-0.4, -0.2) is 34.5 Å². The zero-order valence-corrected chi connectivity index (χ0v) is 36.1. The average Bonchev–Trinajstić information content (AvgIpc) is 3.75. The van der Waals surface area contributed by atoms with E-state index in [1.54, 1.807) is 0 Å². The van der Waals surface area contributed by atoms with Gasteiger partial charge in [0.05, 0.1) is 11.0 Å². The topological polar surface area (TPSA) is 82.3 Å². The largest absolute Gasteiger partial charge is 0.309 e. The Kier molecular flexibility index (Phi) is 10.0. The summed E-state index contributed by atoms with van der Waals surface area (Å²) in [6, 6.07) is 81.3. The van der Waals surface area contributed by atoms with Crippen molar-refractivity contribution in [2.75, 3.05) is 0 Å². The summed E-state index contributed by atoms with van der Waals surface area (Å²) in [6.07, 6.45) is 0. The summed E-state index contributed by atoms with van der Waals surface area (Å²) in [4.78, 5) is 30.8. The van der Waals surface area contributed by atoms with Crippen molar-refractivity contribution in [3.8, 4) is 96.3 Å². The Balaban J connectivity index is 1.12. The van der Waals surface area contributed by atoms with Crippen LogP contribution in [0.1, 0.15) is 0 Å². The maximum Gasteiger partial charge on any atom is 0.164 e. The molecule has 314 valence electrons. The summed E-state index contributed by atoms with van der Waals surface area (Å²) in [5.74, 6) is 3.40. The fraction of sp³-hybridized carbons (Fsp3) is 0. The second-order valence-electron chi connectivity index (χ2n) is 16.3. The van der Waals surface area contributed by atoms with Crippen LogP contribution in [0.2, 0.25) is 0 Å². The molecule has 0 atom stereocenters. The Labute approximate surface area is 387 Å². The van der Waals surface area contributed by atoms with Crippen LogP contribution in [0, 0.1) is 0 Å². The first-order chi connectivity index (χ1) is 33.2. The van der Waals surface area contributed by atoms with Crippen molar-refractivity contribution in [2.45, 2.75) is 0 Å². The molecular weight excluding hydrogens is 819 g/mol. The number of nitrogens with zero attached hydrogens (tertiary/aromatic N) is 7. The molecule has 3 heterocycles. The molecule has 0 spiro atoms. The van der Waals surface area contributed by atoms with Crippen molar-refractivity contribution >= 4 is 21.8 Å². The van der Waals surface area contributed by atoms with E-state index in [9.17, 15) is 0 Å². The summed E-state index contributed by atoms with van der Waals surface area (Å²) in [5.41, 5.74) is 12.8. The molecule has 0 aliphatic carbocycles. The third-order valence-corrected chi connectivity index (χ3v) is 12.1. The smallest absolute Gasteiger partial charge is 0.164 e. The van der Waals surface area contributed by atoms with E-state index in [2.05, 4.69) is 120 Å². The molecular formula is C60H39N7. The van der Waals surface area contributed by atoms with E-state index in [0.717, 1.165) is 77.6 Å². The van der Waals surface area contributed by atoms with Crippen LogP contribution in [0.5, 0.6) is 0 Å². The maximum absolute atomic E-state index is 5.27. The number of hydrogen-bond donors (Lipinski definition) is 0. The van der Waals surface area contributed by atoms with Crippen LogP contribution in [-0.2, 0) is 0 Å². The van der Waals surface area contributed by atoms with Gasteiger partial charge in [0.25, 0.3) is 0 Å². The predicted octanol–water partition coefficient (Wildman–Crippen LogP) is 14.5. The van der Waals surface area contributed by atoms with E-state index in [1.165, 1.54) is 5.56 Å². The lowest BCUT2D eigenvalue weighted by Crippen LogP contribution is -2.03. The van der Waals surface area contributed by atoms with Crippen molar-refractivity contribution in [3.63, 3.8) is 0 Å². The van der Waals surface area contributed by atoms with E-state index in [1.807, 2.05) is 121 Å². The first-order valence-corrected chi connectivity index (χ1v) is 22.3. The third-order valence-electron chi connectivity index (χ3n) is 12.1. The molecule has 9 aromatic carbocycles. The van der Waals surface area contributed by atoms with Crippen LogP contribution >= 0.6 is 0 Å². The third kappa shape index (κ3) is 7.60. The highest BCUT2D eigenvalue weighted by molar-refractivity contribution is 6.12. The molecule has 0 saturated carbocycles. The Hall–Kier alpha value is -9.20. The lowest BCUT2D eigenvalue weighted by atomic mass is 9.95. The van der Waals surface area contributed by atoms with Crippen molar-refractivity contribution < 1.29 is 0 Å². The van der Waals surface area contributed by atoms with Crippen molar-refractivity contribution in [2.24, 2.45) is 0 Å². The summed E-state index contributed by atoms with van der Waals surface area (Å²) in [7, 11) is 0. The van der Waals surface area contributed by atoms with Crippen LogP contribution in [0.15, 0.2) is 237 Å². The lowest BCUT2D eigenvalue weighted by molar-refractivity contribution is 1.07. The molecule has 7 heteroatoms. The summed E-state index contributed by atoms with van der Waals surface area (Å²) in [5, 5.41) is 2.29. The lowest BCUT2D eigenvalue weighted by Gasteiger charge is -2.15. The van der Waals surface area contributed by atoms with Gasteiger partial charge in [-0.2, -0.15) is 0 Å². The minimum absolute atomic E-state index is 0.531. The van der Waals surface area contributed by atoms with E-state index < -0.39 is 0 Å². The molecule has 0 saturated heterocycles. The second kappa shape index (κ2) is 17.1. The van der Waals surface area contributed by atoms with E-state index >= 15 is 0 Å². The zero-order valence-electron chi connectivity index (χ0n) is 36.1. The zero-order chi connectivity index (χ0) is 44.5. The van der Waals surface area contributed by atoms with Crippen molar-refractivity contribution in [1.82, 2.24) is 34.5 Å². The molecule has 0 unspecified atom stereocenters. The minimum Gasteiger partial charge on any atom is -0.309 e.